The van der Waals surface area contributed by atoms with Crippen molar-refractivity contribution < 1.29 is 23.4 Å². The number of aliphatic hydroxyl groups is 1. The molecule has 1 fully saturated rings. The fraction of sp³-hybridized carbons (Fsp3) is 0.320. The molecule has 4 aromatic rings. The highest BCUT2D eigenvalue weighted by Crippen LogP contribution is 2.25. The van der Waals surface area contributed by atoms with Gasteiger partial charge in [-0.15, -0.1) is 0 Å². The van der Waals surface area contributed by atoms with Crippen molar-refractivity contribution in [1.29, 1.82) is 0 Å². The molecule has 0 spiro atoms. The van der Waals surface area contributed by atoms with Crippen LogP contribution in [0.4, 0.5) is 14.5 Å². The minimum absolute atomic E-state index is 0.182. The molecule has 1 aromatic carbocycles. The van der Waals surface area contributed by atoms with Gasteiger partial charge in [-0.1, -0.05) is 6.07 Å². The Bertz CT molecular complexity index is 1380. The Morgan fingerprint density at radius 3 is 2.78 bits per heavy atom. The molecule has 1 aliphatic heterocycles. The van der Waals surface area contributed by atoms with Crippen molar-refractivity contribution >= 4 is 17.2 Å². The second kappa shape index (κ2) is 10.0. The number of carbonyl (C=O) groups is 1. The predicted octanol–water partition coefficient (Wildman–Crippen LogP) is 3.02. The number of anilines is 1. The summed E-state index contributed by atoms with van der Waals surface area (Å²) in [6, 6.07) is 6.93. The Balaban J connectivity index is 1.29. The van der Waals surface area contributed by atoms with Crippen LogP contribution in [0.3, 0.4) is 0 Å². The fourth-order valence-corrected chi connectivity index (χ4v) is 4.36. The first-order valence-electron chi connectivity index (χ1n) is 11.7. The molecule has 2 N–H and O–H groups in total. The third kappa shape index (κ3) is 4.93. The number of halogens is 2. The zero-order chi connectivity index (χ0) is 25.2. The summed E-state index contributed by atoms with van der Waals surface area (Å²) in [5.74, 6) is -1.47. The predicted molar refractivity (Wildman–Crippen MR) is 128 cm³/mol. The lowest BCUT2D eigenvalue weighted by Crippen LogP contribution is -2.26. The van der Waals surface area contributed by atoms with Crippen molar-refractivity contribution in [1.82, 2.24) is 24.1 Å². The van der Waals surface area contributed by atoms with Crippen LogP contribution in [0.25, 0.3) is 5.65 Å². The van der Waals surface area contributed by atoms with Crippen LogP contribution in [-0.2, 0) is 13.2 Å². The first kappa shape index (κ1) is 23.9. The molecule has 0 aliphatic carbocycles. The van der Waals surface area contributed by atoms with Crippen molar-refractivity contribution in [2.45, 2.75) is 32.6 Å². The van der Waals surface area contributed by atoms with Crippen LogP contribution in [0.15, 0.2) is 48.9 Å². The molecule has 3 aromatic heterocycles. The number of nitrogens with one attached hydrogen (secondary N) is 1. The molecule has 11 heteroatoms. The highest BCUT2D eigenvalue weighted by molar-refractivity contribution is 6.04. The Kier molecular flexibility index (Phi) is 6.66. The summed E-state index contributed by atoms with van der Waals surface area (Å²) in [6.45, 7) is 4.32. The molecular formula is C25H26F2N6O3. The van der Waals surface area contributed by atoms with Crippen LogP contribution in [0.5, 0.6) is 5.75 Å². The van der Waals surface area contributed by atoms with Gasteiger partial charge < -0.3 is 15.2 Å². The minimum atomic E-state index is -0.694. The summed E-state index contributed by atoms with van der Waals surface area (Å²) in [6.07, 6.45) is 5.52. The van der Waals surface area contributed by atoms with Gasteiger partial charge in [0, 0.05) is 32.0 Å². The second-order valence-electron chi connectivity index (χ2n) is 8.79. The number of nitrogens with zero attached hydrogens (tertiary/aromatic N) is 5. The van der Waals surface area contributed by atoms with Gasteiger partial charge in [-0.05, 0) is 37.6 Å². The Morgan fingerprint density at radius 2 is 2.03 bits per heavy atom. The van der Waals surface area contributed by atoms with Crippen LogP contribution in [0.2, 0.25) is 0 Å². The fourth-order valence-electron chi connectivity index (χ4n) is 4.36. The average Bonchev–Trinajstić information content (AvgIpc) is 3.55. The number of carbonyl (C=O) groups excluding carboxylic acids is 1. The van der Waals surface area contributed by atoms with Crippen LogP contribution >= 0.6 is 0 Å². The molecule has 1 aliphatic rings. The smallest absolute Gasteiger partial charge is 0.274 e. The Hall–Kier alpha value is -3.83. The molecule has 4 heterocycles. The lowest BCUT2D eigenvalue weighted by Gasteiger charge is -2.14. The number of pyridine rings is 1. The number of rotatable bonds is 8. The quantitative estimate of drug-likeness (QED) is 0.389. The van der Waals surface area contributed by atoms with E-state index in [0.29, 0.717) is 41.6 Å². The SMILES string of the molecule is Cc1nc2c(OCc3c(F)cccc3F)cccn2c1C(=O)Nc1cnn(CCN2CCC(O)C2)c1. The number of ether oxygens (including phenoxy) is 1. The van der Waals surface area contributed by atoms with E-state index in [0.717, 1.165) is 19.5 Å². The van der Waals surface area contributed by atoms with Crippen molar-refractivity contribution in [2.24, 2.45) is 0 Å². The number of fused-ring (bicyclic) bond motifs is 1. The van der Waals surface area contributed by atoms with Crippen LogP contribution < -0.4 is 10.1 Å². The molecule has 0 saturated carbocycles. The normalized spacial score (nSPS) is 16.1. The number of likely N-dealkylation sites (tertiary alicyclic amines) is 1. The number of hydrogen-bond acceptors (Lipinski definition) is 6. The largest absolute Gasteiger partial charge is 0.485 e. The summed E-state index contributed by atoms with van der Waals surface area (Å²) in [5, 5.41) is 16.8. The maximum atomic E-state index is 14.0. The number of β-amino-alcohol motifs (C(OH)–C–C–N with tert-alkyl or cyclic N) is 1. The van der Waals surface area contributed by atoms with E-state index in [-0.39, 0.29) is 24.2 Å². The lowest BCUT2D eigenvalue weighted by molar-refractivity contribution is 0.102. The van der Waals surface area contributed by atoms with E-state index in [1.165, 1.54) is 18.2 Å². The van der Waals surface area contributed by atoms with E-state index in [2.05, 4.69) is 20.3 Å². The molecule has 1 atom stereocenters. The number of benzene rings is 1. The zero-order valence-electron chi connectivity index (χ0n) is 19.7. The summed E-state index contributed by atoms with van der Waals surface area (Å²) in [5.41, 5.74) is 1.50. The molecule has 188 valence electrons. The number of imidazole rings is 1. The van der Waals surface area contributed by atoms with Gasteiger partial charge in [0.05, 0.1) is 35.8 Å². The molecule has 9 nitrogen and oxygen atoms in total. The molecule has 1 saturated heterocycles. The molecular weight excluding hydrogens is 470 g/mol. The van der Waals surface area contributed by atoms with Gasteiger partial charge >= 0.3 is 0 Å². The van der Waals surface area contributed by atoms with Gasteiger partial charge in [-0.3, -0.25) is 18.8 Å². The Labute approximate surface area is 205 Å². The van der Waals surface area contributed by atoms with E-state index < -0.39 is 11.6 Å². The van der Waals surface area contributed by atoms with Crippen LogP contribution in [-0.4, -0.2) is 60.8 Å². The average molecular weight is 497 g/mol. The first-order chi connectivity index (χ1) is 17.4. The van der Waals surface area contributed by atoms with Crippen molar-refractivity contribution in [3.8, 4) is 5.75 Å². The number of amides is 1. The van der Waals surface area contributed by atoms with Crippen LogP contribution in [0.1, 0.15) is 28.2 Å². The summed E-state index contributed by atoms with van der Waals surface area (Å²) >= 11 is 0. The standard InChI is InChI=1S/C25H26F2N6O3/c1-16-23(25(35)30-17-12-28-32(13-17)11-10-31-9-7-18(34)14-31)33-8-3-6-22(24(33)29-16)36-15-19-20(26)4-2-5-21(19)27/h2-6,8,12-13,18,34H,7,9-11,14-15H2,1H3,(H,30,35). The highest BCUT2D eigenvalue weighted by Gasteiger charge is 2.21. The first-order valence-corrected chi connectivity index (χ1v) is 11.7. The summed E-state index contributed by atoms with van der Waals surface area (Å²) in [7, 11) is 0. The third-order valence-electron chi connectivity index (χ3n) is 6.22. The van der Waals surface area contributed by atoms with E-state index in [4.69, 9.17) is 4.74 Å². The van der Waals surface area contributed by atoms with E-state index in [9.17, 15) is 18.7 Å². The van der Waals surface area contributed by atoms with Gasteiger partial charge in [0.1, 0.15) is 23.9 Å². The summed E-state index contributed by atoms with van der Waals surface area (Å²) in [4.78, 5) is 19.8. The number of hydrogen-bond donors (Lipinski definition) is 2. The minimum Gasteiger partial charge on any atom is -0.485 e. The van der Waals surface area contributed by atoms with E-state index in [1.807, 2.05) is 0 Å². The molecule has 1 amide bonds. The van der Waals surface area contributed by atoms with Gasteiger partial charge in [0.25, 0.3) is 5.91 Å². The topological polar surface area (TPSA) is 96.9 Å². The van der Waals surface area contributed by atoms with Crippen LogP contribution in [0, 0.1) is 18.6 Å². The molecule has 0 radical (unpaired) electrons. The number of aryl methyl sites for hydroxylation is 1. The van der Waals surface area contributed by atoms with E-state index >= 15 is 0 Å². The molecule has 1 unspecified atom stereocenters. The van der Waals surface area contributed by atoms with Gasteiger partial charge in [-0.25, -0.2) is 13.8 Å². The lowest BCUT2D eigenvalue weighted by atomic mass is 10.2. The number of aliphatic hydroxyl groups excluding tert-OH is 1. The third-order valence-corrected chi connectivity index (χ3v) is 6.22. The van der Waals surface area contributed by atoms with Gasteiger partial charge in [0.2, 0.25) is 0 Å². The molecule has 5 rings (SSSR count). The maximum absolute atomic E-state index is 14.0. The van der Waals surface area contributed by atoms with Crippen molar-refractivity contribution in [2.75, 3.05) is 25.0 Å². The van der Waals surface area contributed by atoms with E-state index in [1.54, 1.807) is 46.7 Å². The molecule has 36 heavy (non-hydrogen) atoms. The summed E-state index contributed by atoms with van der Waals surface area (Å²) < 4.78 is 37.0. The Morgan fingerprint density at radius 1 is 1.22 bits per heavy atom. The van der Waals surface area contributed by atoms with Gasteiger partial charge in [0.15, 0.2) is 11.4 Å². The van der Waals surface area contributed by atoms with Crippen molar-refractivity contribution in [3.05, 3.63) is 77.5 Å². The number of aromatic nitrogens is 4. The monoisotopic (exact) mass is 496 g/mol. The molecule has 0 bridgehead atoms. The maximum Gasteiger partial charge on any atom is 0.274 e. The van der Waals surface area contributed by atoms with Gasteiger partial charge in [-0.2, -0.15) is 5.10 Å². The highest BCUT2D eigenvalue weighted by atomic mass is 19.1. The zero-order valence-corrected chi connectivity index (χ0v) is 19.7. The second-order valence-corrected chi connectivity index (χ2v) is 8.79. The van der Waals surface area contributed by atoms with Crippen molar-refractivity contribution in [3.63, 3.8) is 0 Å².